The van der Waals surface area contributed by atoms with E-state index in [4.69, 9.17) is 4.74 Å². The number of aliphatic hydroxyl groups is 1. The average Bonchev–Trinajstić information content (AvgIpc) is 2.12. The Morgan fingerprint density at radius 3 is 2.55 bits per heavy atom. The molecule has 0 saturated carbocycles. The molecule has 2 heteroatoms. The van der Waals surface area contributed by atoms with E-state index in [2.05, 4.69) is 6.92 Å². The van der Waals surface area contributed by atoms with E-state index in [1.165, 1.54) is 0 Å². The van der Waals surface area contributed by atoms with Crippen molar-refractivity contribution in [1.29, 1.82) is 0 Å². The summed E-state index contributed by atoms with van der Waals surface area (Å²) in [6.45, 7) is 6.67. The van der Waals surface area contributed by atoms with Crippen LogP contribution in [0.2, 0.25) is 0 Å². The molecule has 0 spiro atoms. The van der Waals surface area contributed by atoms with Crippen molar-refractivity contribution in [3.05, 3.63) is 0 Å². The van der Waals surface area contributed by atoms with Gasteiger partial charge in [-0.2, -0.15) is 0 Å². The Kier molecular flexibility index (Phi) is 2.55. The second-order valence-corrected chi connectivity index (χ2v) is 4.14. The van der Waals surface area contributed by atoms with Gasteiger partial charge in [-0.1, -0.05) is 0 Å². The standard InChI is InChI=1S/C9H18O2/c1-7-8(4-5-11-7)6-9(2,3)10/h7-8,10H,4-6H2,1-3H3. The average molecular weight is 158 g/mol. The molecule has 1 fully saturated rings. The molecule has 1 saturated heterocycles. The summed E-state index contributed by atoms with van der Waals surface area (Å²) in [6.07, 6.45) is 2.29. The summed E-state index contributed by atoms with van der Waals surface area (Å²) in [7, 11) is 0. The Bertz CT molecular complexity index is 126. The highest BCUT2D eigenvalue weighted by molar-refractivity contribution is 4.79. The normalized spacial score (nSPS) is 32.7. The Hall–Kier alpha value is -0.0800. The maximum absolute atomic E-state index is 9.54. The Morgan fingerprint density at radius 1 is 1.55 bits per heavy atom. The van der Waals surface area contributed by atoms with E-state index >= 15 is 0 Å². The topological polar surface area (TPSA) is 29.5 Å². The van der Waals surface area contributed by atoms with Crippen molar-refractivity contribution in [3.63, 3.8) is 0 Å². The lowest BCUT2D eigenvalue weighted by Gasteiger charge is -2.23. The summed E-state index contributed by atoms with van der Waals surface area (Å²) in [4.78, 5) is 0. The number of hydrogen-bond donors (Lipinski definition) is 1. The van der Waals surface area contributed by atoms with Crippen LogP contribution in [0.5, 0.6) is 0 Å². The van der Waals surface area contributed by atoms with Crippen LogP contribution in [0.25, 0.3) is 0 Å². The summed E-state index contributed by atoms with van der Waals surface area (Å²) in [5.41, 5.74) is -0.535. The van der Waals surface area contributed by atoms with Gasteiger partial charge in [0.05, 0.1) is 11.7 Å². The number of hydrogen-bond acceptors (Lipinski definition) is 2. The van der Waals surface area contributed by atoms with Gasteiger partial charge in [0.15, 0.2) is 0 Å². The SMILES string of the molecule is CC1OCCC1CC(C)(C)O. The lowest BCUT2D eigenvalue weighted by atomic mass is 9.89. The summed E-state index contributed by atoms with van der Waals surface area (Å²) in [5, 5.41) is 9.54. The summed E-state index contributed by atoms with van der Waals surface area (Å²) in [6, 6.07) is 0. The van der Waals surface area contributed by atoms with E-state index in [0.717, 1.165) is 19.4 Å². The van der Waals surface area contributed by atoms with Gasteiger partial charge in [0.2, 0.25) is 0 Å². The zero-order valence-electron chi connectivity index (χ0n) is 7.63. The second-order valence-electron chi connectivity index (χ2n) is 4.14. The van der Waals surface area contributed by atoms with E-state index in [9.17, 15) is 5.11 Å². The van der Waals surface area contributed by atoms with Crippen molar-refractivity contribution >= 4 is 0 Å². The van der Waals surface area contributed by atoms with Gasteiger partial charge in [-0.25, -0.2) is 0 Å². The molecule has 0 aromatic heterocycles. The van der Waals surface area contributed by atoms with Crippen molar-refractivity contribution < 1.29 is 9.84 Å². The molecule has 66 valence electrons. The lowest BCUT2D eigenvalue weighted by Crippen LogP contribution is -2.26. The molecule has 1 rings (SSSR count). The van der Waals surface area contributed by atoms with Gasteiger partial charge in [-0.15, -0.1) is 0 Å². The smallest absolute Gasteiger partial charge is 0.0595 e. The highest BCUT2D eigenvalue weighted by atomic mass is 16.5. The van der Waals surface area contributed by atoms with E-state index in [1.807, 2.05) is 13.8 Å². The molecule has 1 heterocycles. The summed E-state index contributed by atoms with van der Waals surface area (Å²) in [5.74, 6) is 0.551. The van der Waals surface area contributed by atoms with Gasteiger partial charge in [0.1, 0.15) is 0 Å². The van der Waals surface area contributed by atoms with Crippen LogP contribution >= 0.6 is 0 Å². The molecule has 0 bridgehead atoms. The van der Waals surface area contributed by atoms with Crippen LogP contribution < -0.4 is 0 Å². The fourth-order valence-electron chi connectivity index (χ4n) is 1.69. The third-order valence-corrected chi connectivity index (χ3v) is 2.29. The fourth-order valence-corrected chi connectivity index (χ4v) is 1.69. The van der Waals surface area contributed by atoms with Gasteiger partial charge >= 0.3 is 0 Å². The third-order valence-electron chi connectivity index (χ3n) is 2.29. The monoisotopic (exact) mass is 158 g/mol. The van der Waals surface area contributed by atoms with Crippen molar-refractivity contribution in [2.45, 2.75) is 45.3 Å². The molecule has 2 unspecified atom stereocenters. The molecule has 2 atom stereocenters. The molecule has 1 N–H and O–H groups in total. The minimum Gasteiger partial charge on any atom is -0.390 e. The predicted octanol–water partition coefficient (Wildman–Crippen LogP) is 1.57. The molecule has 1 aliphatic rings. The first kappa shape index (κ1) is 9.01. The van der Waals surface area contributed by atoms with Crippen LogP contribution in [0.1, 0.15) is 33.6 Å². The molecule has 11 heavy (non-hydrogen) atoms. The Balaban J connectivity index is 2.37. The third kappa shape index (κ3) is 2.80. The minimum absolute atomic E-state index is 0.335. The van der Waals surface area contributed by atoms with E-state index in [1.54, 1.807) is 0 Å². The van der Waals surface area contributed by atoms with E-state index < -0.39 is 5.60 Å². The second kappa shape index (κ2) is 3.11. The van der Waals surface area contributed by atoms with Crippen LogP contribution in [-0.2, 0) is 4.74 Å². The van der Waals surface area contributed by atoms with Gasteiger partial charge in [-0.05, 0) is 39.5 Å². The zero-order valence-corrected chi connectivity index (χ0v) is 7.63. The quantitative estimate of drug-likeness (QED) is 0.661. The lowest BCUT2D eigenvalue weighted by molar-refractivity contribution is 0.0317. The molecular weight excluding hydrogens is 140 g/mol. The summed E-state index contributed by atoms with van der Waals surface area (Å²) >= 11 is 0. The van der Waals surface area contributed by atoms with Crippen molar-refractivity contribution in [3.8, 4) is 0 Å². The molecule has 0 radical (unpaired) electrons. The van der Waals surface area contributed by atoms with Crippen molar-refractivity contribution in [2.75, 3.05) is 6.61 Å². The Morgan fingerprint density at radius 2 is 2.18 bits per heavy atom. The molecule has 0 aromatic carbocycles. The fraction of sp³-hybridized carbons (Fsp3) is 1.00. The van der Waals surface area contributed by atoms with Crippen LogP contribution in [0, 0.1) is 5.92 Å². The maximum Gasteiger partial charge on any atom is 0.0595 e. The molecule has 1 aliphatic heterocycles. The van der Waals surface area contributed by atoms with Crippen LogP contribution in [0.15, 0.2) is 0 Å². The molecule has 0 aromatic rings. The van der Waals surface area contributed by atoms with Crippen LogP contribution in [0.3, 0.4) is 0 Å². The van der Waals surface area contributed by atoms with Crippen molar-refractivity contribution in [2.24, 2.45) is 5.92 Å². The van der Waals surface area contributed by atoms with Gasteiger partial charge in [0.25, 0.3) is 0 Å². The first-order chi connectivity index (χ1) is 4.99. The van der Waals surface area contributed by atoms with Gasteiger partial charge < -0.3 is 9.84 Å². The largest absolute Gasteiger partial charge is 0.390 e. The molecule has 0 amide bonds. The van der Waals surface area contributed by atoms with E-state index in [0.29, 0.717) is 12.0 Å². The Labute approximate surface area is 68.6 Å². The first-order valence-electron chi connectivity index (χ1n) is 4.33. The molecule has 2 nitrogen and oxygen atoms in total. The van der Waals surface area contributed by atoms with E-state index in [-0.39, 0.29) is 0 Å². The maximum atomic E-state index is 9.54. The van der Waals surface area contributed by atoms with Gasteiger partial charge in [-0.3, -0.25) is 0 Å². The number of rotatable bonds is 2. The highest BCUT2D eigenvalue weighted by Crippen LogP contribution is 2.28. The van der Waals surface area contributed by atoms with Crippen LogP contribution in [0.4, 0.5) is 0 Å². The highest BCUT2D eigenvalue weighted by Gasteiger charge is 2.29. The molecule has 0 aliphatic carbocycles. The predicted molar refractivity (Wildman–Crippen MR) is 44.4 cm³/mol. The number of ether oxygens (including phenoxy) is 1. The van der Waals surface area contributed by atoms with Crippen LogP contribution in [-0.4, -0.2) is 23.4 Å². The molecular formula is C9H18O2. The minimum atomic E-state index is -0.535. The summed E-state index contributed by atoms with van der Waals surface area (Å²) < 4.78 is 5.40. The zero-order chi connectivity index (χ0) is 8.48. The van der Waals surface area contributed by atoms with Crippen molar-refractivity contribution in [1.82, 2.24) is 0 Å². The van der Waals surface area contributed by atoms with Gasteiger partial charge in [0, 0.05) is 6.61 Å². The first-order valence-corrected chi connectivity index (χ1v) is 4.33.